The number of carbonyl (C=O) groups excluding carboxylic acids is 1. The summed E-state index contributed by atoms with van der Waals surface area (Å²) in [6, 6.07) is 0. The summed E-state index contributed by atoms with van der Waals surface area (Å²) in [5.41, 5.74) is -6.31. The molecule has 0 unspecified atom stereocenters. The van der Waals surface area contributed by atoms with Gasteiger partial charge in [0.1, 0.15) is 11.4 Å². The van der Waals surface area contributed by atoms with E-state index >= 15 is 0 Å². The quantitative estimate of drug-likeness (QED) is 0.422. The third-order valence-corrected chi connectivity index (χ3v) is 9.03. The fourth-order valence-corrected chi connectivity index (χ4v) is 7.60. The first kappa shape index (κ1) is 18.8. The van der Waals surface area contributed by atoms with Gasteiger partial charge in [-0.3, -0.25) is 4.79 Å². The van der Waals surface area contributed by atoms with Crippen molar-refractivity contribution in [2.24, 2.45) is 28.6 Å². The monoisotopic (exact) mass is 368 g/mol. The van der Waals surface area contributed by atoms with Gasteiger partial charge in [0.25, 0.3) is 0 Å². The lowest BCUT2D eigenvalue weighted by atomic mass is 9.57. The molecule has 4 aliphatic rings. The van der Waals surface area contributed by atoms with Gasteiger partial charge in [0, 0.05) is 23.7 Å². The number of Topliss-reactive ketones (excluding diaryl/α,β-unsaturated/α-hetero) is 1. The van der Waals surface area contributed by atoms with E-state index in [0.29, 0.717) is 12.8 Å². The molecular weight excluding hydrogens is 336 g/mol. The number of rotatable bonds is 0. The van der Waals surface area contributed by atoms with E-state index in [2.05, 4.69) is 0 Å². The molecule has 5 N–H and O–H groups in total. The van der Waals surface area contributed by atoms with Crippen LogP contribution in [0.25, 0.3) is 0 Å². The molecule has 148 valence electrons. The van der Waals surface area contributed by atoms with Gasteiger partial charge in [0.2, 0.25) is 0 Å². The lowest BCUT2D eigenvalue weighted by Crippen LogP contribution is -2.60. The summed E-state index contributed by atoms with van der Waals surface area (Å²) in [5.74, 6) is -1.66. The molecule has 0 saturated heterocycles. The number of fused-ring (bicyclic) bond motifs is 2. The van der Waals surface area contributed by atoms with Crippen molar-refractivity contribution in [3.8, 4) is 0 Å². The summed E-state index contributed by atoms with van der Waals surface area (Å²) in [5, 5.41) is 56.4. The minimum atomic E-state index is -1.76. The van der Waals surface area contributed by atoms with E-state index in [1.165, 1.54) is 0 Å². The number of hydrogen-bond acceptors (Lipinski definition) is 6. The van der Waals surface area contributed by atoms with Crippen molar-refractivity contribution >= 4 is 5.78 Å². The predicted molar refractivity (Wildman–Crippen MR) is 93.0 cm³/mol. The number of aliphatic hydroxyl groups is 5. The van der Waals surface area contributed by atoms with Gasteiger partial charge in [-0.1, -0.05) is 13.8 Å². The Kier molecular flexibility index (Phi) is 3.54. The van der Waals surface area contributed by atoms with Crippen LogP contribution in [0.2, 0.25) is 0 Å². The Hall–Kier alpha value is -0.530. The first-order valence-corrected chi connectivity index (χ1v) is 9.79. The van der Waals surface area contributed by atoms with Gasteiger partial charge in [-0.15, -0.1) is 0 Å². The van der Waals surface area contributed by atoms with Crippen LogP contribution in [0.5, 0.6) is 0 Å². The molecular formula is C20H32O6. The predicted octanol–water partition coefficient (Wildman–Crippen LogP) is 0.377. The minimum Gasteiger partial charge on any atom is -0.392 e. The summed E-state index contributed by atoms with van der Waals surface area (Å²) in [7, 11) is 0. The molecule has 4 fully saturated rings. The largest absolute Gasteiger partial charge is 0.392 e. The molecule has 0 aromatic carbocycles. The molecule has 0 aromatic heterocycles. The average molecular weight is 368 g/mol. The maximum absolute atomic E-state index is 12.6. The van der Waals surface area contributed by atoms with Crippen LogP contribution in [0.15, 0.2) is 0 Å². The first-order chi connectivity index (χ1) is 11.7. The van der Waals surface area contributed by atoms with Gasteiger partial charge in [-0.2, -0.15) is 0 Å². The molecule has 0 amide bonds. The number of ketones is 1. The van der Waals surface area contributed by atoms with Crippen LogP contribution in [-0.2, 0) is 4.79 Å². The van der Waals surface area contributed by atoms with E-state index in [1.807, 2.05) is 0 Å². The zero-order chi connectivity index (χ0) is 19.5. The van der Waals surface area contributed by atoms with Gasteiger partial charge in [0.15, 0.2) is 0 Å². The SMILES string of the molecule is CC1(C)C(=O)C[C@H]2[C@](C)(O)[C@@H]3CC[C@@H]4[C@@H](O)[C@@]3(C[C@H](O)[C@@]21O)C[C@@]4(C)O. The van der Waals surface area contributed by atoms with Crippen molar-refractivity contribution in [3.05, 3.63) is 0 Å². The molecule has 26 heavy (non-hydrogen) atoms. The van der Waals surface area contributed by atoms with Crippen LogP contribution in [0, 0.1) is 28.6 Å². The molecule has 0 heterocycles. The Morgan fingerprint density at radius 3 is 2.19 bits per heavy atom. The van der Waals surface area contributed by atoms with Crippen LogP contribution in [-0.4, -0.2) is 60.3 Å². The van der Waals surface area contributed by atoms with Crippen LogP contribution in [0.4, 0.5) is 0 Å². The highest BCUT2D eigenvalue weighted by atomic mass is 16.4. The summed E-state index contributed by atoms with van der Waals surface area (Å²) in [6.45, 7) is 6.62. The van der Waals surface area contributed by atoms with E-state index in [0.717, 1.165) is 0 Å². The second-order valence-electron chi connectivity index (χ2n) is 10.5. The standard InChI is InChI=1S/C20H32O6/c1-16(2)13(21)7-12-18(4,25)11-6-5-10-15(23)19(11,9-17(10,3)24)8-14(22)20(12,16)26/h10-12,14-15,22-26H,5-9H2,1-4H3/t10-,11+,12+,14+,15-,17-,18-,19+,20+/m1/s1. The summed E-state index contributed by atoms with van der Waals surface area (Å²) in [6.07, 6.45) is -0.567. The highest BCUT2D eigenvalue weighted by Crippen LogP contribution is 2.69. The van der Waals surface area contributed by atoms with Crippen molar-refractivity contribution in [1.82, 2.24) is 0 Å². The third kappa shape index (κ3) is 1.83. The van der Waals surface area contributed by atoms with Crippen molar-refractivity contribution in [1.29, 1.82) is 0 Å². The molecule has 4 saturated carbocycles. The van der Waals surface area contributed by atoms with Crippen molar-refractivity contribution < 1.29 is 30.3 Å². The number of hydrogen-bond donors (Lipinski definition) is 5. The Morgan fingerprint density at radius 2 is 1.58 bits per heavy atom. The molecule has 6 heteroatoms. The lowest BCUT2D eigenvalue weighted by Gasteiger charge is -2.51. The van der Waals surface area contributed by atoms with E-state index in [-0.39, 0.29) is 31.0 Å². The molecule has 4 rings (SSSR count). The zero-order valence-electron chi connectivity index (χ0n) is 16.1. The van der Waals surface area contributed by atoms with Crippen molar-refractivity contribution in [3.63, 3.8) is 0 Å². The number of aliphatic hydroxyl groups excluding tert-OH is 2. The molecule has 1 spiro atoms. The van der Waals surface area contributed by atoms with E-state index in [1.54, 1.807) is 27.7 Å². The Bertz CT molecular complexity index is 655. The third-order valence-electron chi connectivity index (χ3n) is 9.03. The molecule has 9 atom stereocenters. The molecule has 0 aliphatic heterocycles. The maximum Gasteiger partial charge on any atom is 0.141 e. The average Bonchev–Trinajstić information content (AvgIpc) is 2.72. The zero-order valence-corrected chi connectivity index (χ0v) is 16.1. The van der Waals surface area contributed by atoms with Gasteiger partial charge in [-0.05, 0) is 45.4 Å². The summed E-state index contributed by atoms with van der Waals surface area (Å²) in [4.78, 5) is 12.6. The summed E-state index contributed by atoms with van der Waals surface area (Å²) >= 11 is 0. The molecule has 6 nitrogen and oxygen atoms in total. The number of carbonyl (C=O) groups is 1. The Morgan fingerprint density at radius 1 is 0.962 bits per heavy atom. The Labute approximate surface area is 154 Å². The molecule has 2 bridgehead atoms. The van der Waals surface area contributed by atoms with E-state index in [9.17, 15) is 30.3 Å². The minimum absolute atomic E-state index is 0.00998. The highest BCUT2D eigenvalue weighted by molar-refractivity contribution is 5.89. The molecule has 4 aliphatic carbocycles. The van der Waals surface area contributed by atoms with Gasteiger partial charge < -0.3 is 25.5 Å². The van der Waals surface area contributed by atoms with Crippen molar-refractivity contribution in [2.75, 3.05) is 0 Å². The van der Waals surface area contributed by atoms with Crippen LogP contribution in [0.3, 0.4) is 0 Å². The lowest BCUT2D eigenvalue weighted by molar-refractivity contribution is -0.196. The van der Waals surface area contributed by atoms with Crippen LogP contribution < -0.4 is 0 Å². The summed E-state index contributed by atoms with van der Waals surface area (Å²) < 4.78 is 0. The van der Waals surface area contributed by atoms with E-state index < -0.39 is 51.7 Å². The fourth-order valence-electron chi connectivity index (χ4n) is 7.60. The second-order valence-corrected chi connectivity index (χ2v) is 10.5. The van der Waals surface area contributed by atoms with Crippen molar-refractivity contribution in [2.45, 2.75) is 88.8 Å². The maximum atomic E-state index is 12.6. The van der Waals surface area contributed by atoms with Gasteiger partial charge in [0.05, 0.1) is 28.8 Å². The topological polar surface area (TPSA) is 118 Å². The van der Waals surface area contributed by atoms with Crippen LogP contribution in [0.1, 0.15) is 59.8 Å². The highest BCUT2D eigenvalue weighted by Gasteiger charge is 2.76. The Balaban J connectivity index is 1.91. The van der Waals surface area contributed by atoms with Gasteiger partial charge in [-0.25, -0.2) is 0 Å². The normalized spacial score (nSPS) is 61.1. The van der Waals surface area contributed by atoms with E-state index in [4.69, 9.17) is 0 Å². The molecule has 0 aromatic rings. The first-order valence-electron chi connectivity index (χ1n) is 9.79. The van der Waals surface area contributed by atoms with Gasteiger partial charge >= 0.3 is 0 Å². The molecule has 0 radical (unpaired) electrons. The van der Waals surface area contributed by atoms with Crippen LogP contribution >= 0.6 is 0 Å². The smallest absolute Gasteiger partial charge is 0.141 e. The second kappa shape index (κ2) is 4.90. The fraction of sp³-hybridized carbons (Fsp3) is 0.950.